The molecule has 3 saturated heterocycles. The molecule has 3 aliphatic rings. The average molecular weight is 524 g/mol. The van der Waals surface area contributed by atoms with Crippen LogP contribution in [0.5, 0.6) is 0 Å². The summed E-state index contributed by atoms with van der Waals surface area (Å²) in [4.78, 5) is 16.3. The minimum Gasteiger partial charge on any atom is -0.370 e. The maximum atomic E-state index is 15.5. The third kappa shape index (κ3) is 5.22. The van der Waals surface area contributed by atoms with E-state index in [4.69, 9.17) is 0 Å². The van der Waals surface area contributed by atoms with Crippen LogP contribution in [0, 0.1) is 10.8 Å². The Labute approximate surface area is 228 Å². The zero-order valence-corrected chi connectivity index (χ0v) is 24.5. The average Bonchev–Trinajstić information content (AvgIpc) is 2.80. The number of alkyl halides is 1. The second kappa shape index (κ2) is 9.33. The lowest BCUT2D eigenvalue weighted by Gasteiger charge is -2.56. The third-order valence-electron chi connectivity index (χ3n) is 9.30. The molecule has 2 aromatic rings. The van der Waals surface area contributed by atoms with Gasteiger partial charge in [-0.3, -0.25) is 4.90 Å². The van der Waals surface area contributed by atoms with Gasteiger partial charge in [-0.1, -0.05) is 13.8 Å². The van der Waals surface area contributed by atoms with Crippen molar-refractivity contribution in [1.29, 1.82) is 0 Å². The van der Waals surface area contributed by atoms with E-state index in [1.54, 1.807) is 6.20 Å². The fourth-order valence-electron chi connectivity index (χ4n) is 7.81. The van der Waals surface area contributed by atoms with Crippen molar-refractivity contribution >= 4 is 23.1 Å². The van der Waals surface area contributed by atoms with Crippen molar-refractivity contribution in [2.24, 2.45) is 10.8 Å². The number of hydrogen-bond donors (Lipinski definition) is 2. The molecule has 2 N–H and O–H groups in total. The zero-order chi connectivity index (χ0) is 27.5. The van der Waals surface area contributed by atoms with E-state index in [1.807, 2.05) is 27.0 Å². The number of halogens is 1. The van der Waals surface area contributed by atoms with E-state index in [-0.39, 0.29) is 11.6 Å². The van der Waals surface area contributed by atoms with Crippen LogP contribution in [0.25, 0.3) is 0 Å². The Morgan fingerprint density at radius 1 is 0.895 bits per heavy atom. The number of benzene rings is 1. The molecule has 8 heteroatoms. The molecule has 3 fully saturated rings. The number of hydrogen-bond acceptors (Lipinski definition) is 7. The van der Waals surface area contributed by atoms with Crippen LogP contribution >= 0.6 is 0 Å². The van der Waals surface area contributed by atoms with Crippen LogP contribution in [0.15, 0.2) is 36.5 Å². The topological polar surface area (TPSA) is 59.6 Å². The van der Waals surface area contributed by atoms with Gasteiger partial charge in [0.2, 0.25) is 5.95 Å². The molecule has 4 heterocycles. The predicted molar refractivity (Wildman–Crippen MR) is 155 cm³/mol. The Hall–Kier alpha value is -2.45. The Morgan fingerprint density at radius 3 is 2.16 bits per heavy atom. The second-order valence-corrected chi connectivity index (χ2v) is 14.1. The lowest BCUT2D eigenvalue weighted by atomic mass is 9.65. The summed E-state index contributed by atoms with van der Waals surface area (Å²) in [7, 11) is 4.26. The van der Waals surface area contributed by atoms with Gasteiger partial charge in [0.1, 0.15) is 12.0 Å². The first-order valence-electron chi connectivity index (χ1n) is 14.0. The normalized spacial score (nSPS) is 33.1. The van der Waals surface area contributed by atoms with Crippen molar-refractivity contribution < 1.29 is 4.39 Å². The van der Waals surface area contributed by atoms with Crippen LogP contribution in [-0.2, 0) is 0 Å². The predicted octanol–water partition coefficient (Wildman–Crippen LogP) is 5.40. The first kappa shape index (κ1) is 27.1. The highest BCUT2D eigenvalue weighted by molar-refractivity contribution is 5.60. The van der Waals surface area contributed by atoms with Crippen LogP contribution < -0.4 is 15.5 Å². The summed E-state index contributed by atoms with van der Waals surface area (Å²) in [6.07, 6.45) is 2.67. The highest BCUT2D eigenvalue weighted by Gasteiger charge is 2.51. The van der Waals surface area contributed by atoms with Crippen LogP contribution in [0.4, 0.5) is 27.5 Å². The van der Waals surface area contributed by atoms with Crippen molar-refractivity contribution in [3.8, 4) is 0 Å². The molecule has 0 saturated carbocycles. The molecule has 1 aromatic heterocycles. The smallest absolute Gasteiger partial charge is 0.229 e. The zero-order valence-electron chi connectivity index (χ0n) is 24.5. The minimum atomic E-state index is -1.03. The fourth-order valence-corrected chi connectivity index (χ4v) is 7.81. The molecule has 0 amide bonds. The quantitative estimate of drug-likeness (QED) is 0.544. The van der Waals surface area contributed by atoms with Gasteiger partial charge in [0, 0.05) is 54.8 Å². The summed E-state index contributed by atoms with van der Waals surface area (Å²) in [5, 5.41) is 6.70. The molecule has 4 unspecified atom stereocenters. The van der Waals surface area contributed by atoms with Gasteiger partial charge in [0.25, 0.3) is 0 Å². The highest BCUT2D eigenvalue weighted by Crippen LogP contribution is 2.46. The molecular weight excluding hydrogens is 477 g/mol. The van der Waals surface area contributed by atoms with E-state index >= 15 is 4.39 Å². The fraction of sp³-hybridized carbons (Fsp3) is 0.667. The molecule has 0 radical (unpaired) electrons. The molecule has 208 valence electrons. The number of anilines is 4. The molecule has 1 aromatic carbocycles. The Morgan fingerprint density at radius 2 is 1.53 bits per heavy atom. The van der Waals surface area contributed by atoms with E-state index < -0.39 is 11.7 Å². The summed E-state index contributed by atoms with van der Waals surface area (Å²) in [6.45, 7) is 17.6. The van der Waals surface area contributed by atoms with Crippen LogP contribution in [0.2, 0.25) is 0 Å². The van der Waals surface area contributed by atoms with Crippen molar-refractivity contribution in [3.63, 3.8) is 0 Å². The standard InChI is InChI=1S/C30H46FN7/c1-27(2)15-23(25(31)28(3,4)37(27)8)34-24-13-14-32-26(35-24)33-21-9-11-22(12-10-21)38-19-29(5)16-30(6,20-38)18-36(7)17-29/h9-14,23,25H,15-20H2,1-8H3,(H2,32,33,34,35). The van der Waals surface area contributed by atoms with Crippen LogP contribution in [-0.4, -0.2) is 83.3 Å². The van der Waals surface area contributed by atoms with Crippen molar-refractivity contribution in [3.05, 3.63) is 36.5 Å². The molecule has 0 aliphatic carbocycles. The van der Waals surface area contributed by atoms with E-state index in [2.05, 4.69) is 94.3 Å². The maximum Gasteiger partial charge on any atom is 0.229 e. The van der Waals surface area contributed by atoms with Gasteiger partial charge < -0.3 is 20.4 Å². The summed E-state index contributed by atoms with van der Waals surface area (Å²) in [5.74, 6) is 1.13. The molecule has 7 nitrogen and oxygen atoms in total. The number of fused-ring (bicyclic) bond motifs is 2. The minimum absolute atomic E-state index is 0.128. The van der Waals surface area contributed by atoms with Gasteiger partial charge in [-0.25, -0.2) is 9.37 Å². The summed E-state index contributed by atoms with van der Waals surface area (Å²) in [5.41, 5.74) is 2.12. The van der Waals surface area contributed by atoms with E-state index in [0.29, 0.717) is 29.0 Å². The van der Waals surface area contributed by atoms with Gasteiger partial charge in [-0.2, -0.15) is 4.98 Å². The monoisotopic (exact) mass is 523 g/mol. The SMILES string of the molecule is CN1CC2(C)CN(c3ccc(Nc4nccc(NC5CC(C)(C)N(C)C(C)(C)C5F)n4)cc3)CC(C)(C1)C2. The molecule has 5 rings (SSSR count). The van der Waals surface area contributed by atoms with Crippen molar-refractivity contribution in [2.45, 2.75) is 77.7 Å². The Kier molecular flexibility index (Phi) is 6.66. The Balaban J connectivity index is 1.26. The van der Waals surface area contributed by atoms with Crippen molar-refractivity contribution in [1.82, 2.24) is 19.8 Å². The number of likely N-dealkylation sites (tertiary alicyclic amines) is 2. The first-order chi connectivity index (χ1) is 17.7. The number of rotatable bonds is 5. The first-order valence-corrected chi connectivity index (χ1v) is 14.0. The molecule has 38 heavy (non-hydrogen) atoms. The largest absolute Gasteiger partial charge is 0.370 e. The highest BCUT2D eigenvalue weighted by atomic mass is 19.1. The Bertz CT molecular complexity index is 1130. The van der Waals surface area contributed by atoms with Gasteiger partial charge in [0.15, 0.2) is 0 Å². The number of aromatic nitrogens is 2. The number of nitrogens with zero attached hydrogens (tertiary/aromatic N) is 5. The summed E-state index contributed by atoms with van der Waals surface area (Å²) in [6, 6.07) is 10.1. The van der Waals surface area contributed by atoms with E-state index in [9.17, 15) is 0 Å². The summed E-state index contributed by atoms with van der Waals surface area (Å²) >= 11 is 0. The molecule has 4 atom stereocenters. The molecule has 2 bridgehead atoms. The molecular formula is C30H46FN7. The van der Waals surface area contributed by atoms with E-state index in [1.165, 1.54) is 12.1 Å². The number of piperidine rings is 3. The van der Waals surface area contributed by atoms with E-state index in [0.717, 1.165) is 31.9 Å². The summed E-state index contributed by atoms with van der Waals surface area (Å²) < 4.78 is 15.5. The lowest BCUT2D eigenvalue weighted by Crippen LogP contribution is -2.67. The molecule has 0 spiro atoms. The second-order valence-electron chi connectivity index (χ2n) is 14.1. The third-order valence-corrected chi connectivity index (χ3v) is 9.30. The number of nitrogens with one attached hydrogen (secondary N) is 2. The van der Waals surface area contributed by atoms with Gasteiger partial charge >= 0.3 is 0 Å². The maximum absolute atomic E-state index is 15.5. The van der Waals surface area contributed by atoms with Gasteiger partial charge in [0.05, 0.1) is 6.04 Å². The van der Waals surface area contributed by atoms with Crippen LogP contribution in [0.3, 0.4) is 0 Å². The van der Waals surface area contributed by atoms with Gasteiger partial charge in [-0.05, 0) is 95.8 Å². The lowest BCUT2D eigenvalue weighted by molar-refractivity contribution is -0.0631. The molecule has 3 aliphatic heterocycles. The van der Waals surface area contributed by atoms with Gasteiger partial charge in [-0.15, -0.1) is 0 Å². The van der Waals surface area contributed by atoms with Crippen molar-refractivity contribution in [2.75, 3.05) is 55.8 Å². The van der Waals surface area contributed by atoms with Crippen LogP contribution in [0.1, 0.15) is 54.4 Å².